The monoisotopic (exact) mass is 269 g/mol. The molecule has 0 spiro atoms. The van der Waals surface area contributed by atoms with Crippen molar-refractivity contribution in [3.05, 3.63) is 22.4 Å². The zero-order valence-electron chi connectivity index (χ0n) is 10.4. The lowest BCUT2D eigenvalue weighted by molar-refractivity contribution is -0.123. The van der Waals surface area contributed by atoms with Crippen molar-refractivity contribution in [3.8, 4) is 0 Å². The number of hydrogen-bond acceptors (Lipinski definition) is 4. The second kappa shape index (κ2) is 7.84. The molecule has 1 atom stereocenters. The van der Waals surface area contributed by atoms with Crippen molar-refractivity contribution in [2.75, 3.05) is 13.1 Å². The Morgan fingerprint density at radius 2 is 2.17 bits per heavy atom. The molecule has 1 unspecified atom stereocenters. The van der Waals surface area contributed by atoms with Gasteiger partial charge in [0, 0.05) is 24.4 Å². The first kappa shape index (κ1) is 14.7. The number of nitrogens with two attached hydrogens (primary N) is 1. The molecule has 100 valence electrons. The Morgan fingerprint density at radius 3 is 2.78 bits per heavy atom. The van der Waals surface area contributed by atoms with Crippen LogP contribution in [0.25, 0.3) is 0 Å². The van der Waals surface area contributed by atoms with Crippen LogP contribution in [0.15, 0.2) is 17.5 Å². The Labute approximate surface area is 111 Å². The quantitative estimate of drug-likeness (QED) is 0.684. The molecule has 0 radical (unpaired) electrons. The first-order chi connectivity index (χ1) is 8.65. The summed E-state index contributed by atoms with van der Waals surface area (Å²) in [6.07, 6.45) is 1.18. The molecule has 0 saturated carbocycles. The summed E-state index contributed by atoms with van der Waals surface area (Å²) in [7, 11) is 0. The van der Waals surface area contributed by atoms with Gasteiger partial charge in [-0.1, -0.05) is 13.0 Å². The van der Waals surface area contributed by atoms with Crippen molar-refractivity contribution in [3.63, 3.8) is 0 Å². The first-order valence-electron chi connectivity index (χ1n) is 5.98. The molecule has 0 saturated heterocycles. The minimum Gasteiger partial charge on any atom is -0.356 e. The summed E-state index contributed by atoms with van der Waals surface area (Å²) < 4.78 is 0. The Balaban J connectivity index is 2.23. The zero-order valence-corrected chi connectivity index (χ0v) is 11.3. The van der Waals surface area contributed by atoms with Gasteiger partial charge in [0.2, 0.25) is 11.8 Å². The van der Waals surface area contributed by atoms with Crippen LogP contribution < -0.4 is 16.4 Å². The van der Waals surface area contributed by atoms with Gasteiger partial charge in [0.1, 0.15) is 6.04 Å². The highest BCUT2D eigenvalue weighted by molar-refractivity contribution is 7.10. The van der Waals surface area contributed by atoms with Gasteiger partial charge in [0.05, 0.1) is 0 Å². The lowest BCUT2D eigenvalue weighted by Gasteiger charge is -2.10. The number of amides is 2. The second-order valence-corrected chi connectivity index (χ2v) is 4.86. The molecule has 1 heterocycles. The molecule has 18 heavy (non-hydrogen) atoms. The smallest absolute Gasteiger partial charge is 0.242 e. The highest BCUT2D eigenvalue weighted by Gasteiger charge is 2.16. The summed E-state index contributed by atoms with van der Waals surface area (Å²) in [4.78, 5) is 23.8. The highest BCUT2D eigenvalue weighted by Crippen LogP contribution is 2.16. The van der Waals surface area contributed by atoms with E-state index in [0.717, 1.165) is 11.3 Å². The van der Waals surface area contributed by atoms with Crippen LogP contribution in [0.4, 0.5) is 0 Å². The number of carbonyl (C=O) groups excluding carboxylic acids is 2. The number of hydrogen-bond donors (Lipinski definition) is 3. The molecule has 5 nitrogen and oxygen atoms in total. The largest absolute Gasteiger partial charge is 0.356 e. The molecule has 0 aliphatic rings. The molecule has 1 aromatic rings. The van der Waals surface area contributed by atoms with Gasteiger partial charge in [-0.3, -0.25) is 9.59 Å². The summed E-state index contributed by atoms with van der Waals surface area (Å²) in [6.45, 7) is 2.97. The maximum absolute atomic E-state index is 11.7. The third-order valence-corrected chi connectivity index (χ3v) is 3.31. The average molecular weight is 269 g/mol. The molecule has 4 N–H and O–H groups in total. The van der Waals surface area contributed by atoms with E-state index in [1.807, 2.05) is 24.4 Å². The Hall–Kier alpha value is -1.40. The van der Waals surface area contributed by atoms with Crippen LogP contribution in [0.1, 0.15) is 30.7 Å². The van der Waals surface area contributed by atoms with E-state index in [2.05, 4.69) is 10.6 Å². The Kier molecular flexibility index (Phi) is 6.38. The van der Waals surface area contributed by atoms with Crippen molar-refractivity contribution in [1.29, 1.82) is 0 Å². The molecule has 0 fully saturated rings. The average Bonchev–Trinajstić information content (AvgIpc) is 2.89. The normalized spacial score (nSPS) is 11.9. The lowest BCUT2D eigenvalue weighted by Crippen LogP contribution is -2.36. The summed E-state index contributed by atoms with van der Waals surface area (Å²) in [5.74, 6) is -0.303. The summed E-state index contributed by atoms with van der Waals surface area (Å²) in [5, 5.41) is 7.28. The predicted octanol–water partition coefficient (Wildman–Crippen LogP) is 0.780. The van der Waals surface area contributed by atoms with Crippen molar-refractivity contribution in [2.45, 2.75) is 25.8 Å². The summed E-state index contributed by atoms with van der Waals surface area (Å²) in [6, 6.07) is 3.03. The molecule has 2 amide bonds. The summed E-state index contributed by atoms with van der Waals surface area (Å²) >= 11 is 1.45. The number of thiophene rings is 1. The fourth-order valence-corrected chi connectivity index (χ4v) is 2.08. The van der Waals surface area contributed by atoms with E-state index in [1.165, 1.54) is 11.3 Å². The minimum atomic E-state index is -0.649. The van der Waals surface area contributed by atoms with Crippen molar-refractivity contribution in [1.82, 2.24) is 10.6 Å². The van der Waals surface area contributed by atoms with Crippen molar-refractivity contribution in [2.24, 2.45) is 5.73 Å². The molecule has 1 rings (SSSR count). The van der Waals surface area contributed by atoms with Crippen molar-refractivity contribution >= 4 is 23.2 Å². The molecule has 0 aromatic carbocycles. The predicted molar refractivity (Wildman–Crippen MR) is 72.2 cm³/mol. The molecular weight excluding hydrogens is 250 g/mol. The van der Waals surface area contributed by atoms with E-state index < -0.39 is 6.04 Å². The van der Waals surface area contributed by atoms with Crippen LogP contribution >= 0.6 is 11.3 Å². The van der Waals surface area contributed by atoms with Crippen LogP contribution in [-0.4, -0.2) is 24.9 Å². The van der Waals surface area contributed by atoms with Gasteiger partial charge in [-0.2, -0.15) is 0 Å². The molecule has 0 aliphatic carbocycles. The van der Waals surface area contributed by atoms with Crippen LogP contribution in [-0.2, 0) is 9.59 Å². The van der Waals surface area contributed by atoms with Gasteiger partial charge in [-0.05, 0) is 17.9 Å². The maximum Gasteiger partial charge on any atom is 0.242 e. The minimum absolute atomic E-state index is 0.0538. The van der Waals surface area contributed by atoms with Crippen LogP contribution in [0.3, 0.4) is 0 Å². The SMILES string of the molecule is CCCNC(=O)CCNC(=O)C(N)c1cccs1. The van der Waals surface area contributed by atoms with Gasteiger partial charge < -0.3 is 16.4 Å². The third-order valence-electron chi connectivity index (χ3n) is 2.36. The van der Waals surface area contributed by atoms with Crippen LogP contribution in [0, 0.1) is 0 Å². The topological polar surface area (TPSA) is 84.2 Å². The van der Waals surface area contributed by atoms with E-state index in [4.69, 9.17) is 5.73 Å². The third kappa shape index (κ3) is 4.85. The van der Waals surface area contributed by atoms with Crippen LogP contribution in [0.5, 0.6) is 0 Å². The van der Waals surface area contributed by atoms with Gasteiger partial charge in [-0.15, -0.1) is 11.3 Å². The fraction of sp³-hybridized carbons (Fsp3) is 0.500. The summed E-state index contributed by atoms with van der Waals surface area (Å²) in [5.41, 5.74) is 5.78. The zero-order chi connectivity index (χ0) is 13.4. The number of nitrogens with one attached hydrogen (secondary N) is 2. The second-order valence-electron chi connectivity index (χ2n) is 3.88. The van der Waals surface area contributed by atoms with Gasteiger partial charge in [0.25, 0.3) is 0 Å². The molecule has 0 aliphatic heterocycles. The first-order valence-corrected chi connectivity index (χ1v) is 6.86. The molecule has 0 bridgehead atoms. The highest BCUT2D eigenvalue weighted by atomic mass is 32.1. The van der Waals surface area contributed by atoms with Crippen LogP contribution in [0.2, 0.25) is 0 Å². The Morgan fingerprint density at radius 1 is 1.39 bits per heavy atom. The van der Waals surface area contributed by atoms with E-state index in [1.54, 1.807) is 0 Å². The maximum atomic E-state index is 11.7. The number of rotatable bonds is 7. The molecule has 6 heteroatoms. The van der Waals surface area contributed by atoms with E-state index in [-0.39, 0.29) is 18.2 Å². The van der Waals surface area contributed by atoms with Gasteiger partial charge in [-0.25, -0.2) is 0 Å². The standard InChI is InChI=1S/C12H19N3O2S/c1-2-6-14-10(16)5-7-15-12(17)11(13)9-4-3-8-18-9/h3-4,8,11H,2,5-7,13H2,1H3,(H,14,16)(H,15,17). The van der Waals surface area contributed by atoms with Gasteiger partial charge >= 0.3 is 0 Å². The fourth-order valence-electron chi connectivity index (χ4n) is 1.36. The molecule has 1 aromatic heterocycles. The van der Waals surface area contributed by atoms with E-state index >= 15 is 0 Å². The van der Waals surface area contributed by atoms with E-state index in [0.29, 0.717) is 13.1 Å². The Bertz CT molecular complexity index is 379. The van der Waals surface area contributed by atoms with Crippen molar-refractivity contribution < 1.29 is 9.59 Å². The number of carbonyl (C=O) groups is 2. The van der Waals surface area contributed by atoms with E-state index in [9.17, 15) is 9.59 Å². The lowest BCUT2D eigenvalue weighted by atomic mass is 10.2. The van der Waals surface area contributed by atoms with Gasteiger partial charge in [0.15, 0.2) is 0 Å². The molecular formula is C12H19N3O2S.